The molecule has 0 bridgehead atoms. The smallest absolute Gasteiger partial charge is 0.367 e. The maximum absolute atomic E-state index is 12.6. The number of thiophene rings is 1. The van der Waals surface area contributed by atoms with Crippen LogP contribution in [-0.2, 0) is 16.1 Å². The normalized spacial score (nSPS) is 10.4. The third-order valence-corrected chi connectivity index (χ3v) is 5.23. The first-order chi connectivity index (χ1) is 13.1. The van der Waals surface area contributed by atoms with Crippen LogP contribution in [0, 0.1) is 0 Å². The molecule has 0 amide bonds. The first kappa shape index (κ1) is 18.9. The van der Waals surface area contributed by atoms with Gasteiger partial charge in [-0.15, -0.1) is 22.7 Å². The molecule has 0 fully saturated rings. The lowest BCUT2D eigenvalue weighted by molar-refractivity contribution is 0.0465. The maximum Gasteiger partial charge on any atom is 0.367 e. The molecule has 0 aliphatic rings. The SMILES string of the molecule is CCOC(=O)c1nc(COC(=O)c2ccccc2C(=O)c2cccs2)cs1. The van der Waals surface area contributed by atoms with E-state index in [1.165, 1.54) is 11.3 Å². The Bertz CT molecular complexity index is 962. The second-order valence-electron chi connectivity index (χ2n) is 5.29. The molecule has 6 nitrogen and oxygen atoms in total. The fourth-order valence-corrected chi connectivity index (χ4v) is 3.65. The molecule has 3 aromatic rings. The van der Waals surface area contributed by atoms with Crippen molar-refractivity contribution < 1.29 is 23.9 Å². The minimum absolute atomic E-state index is 0.101. The summed E-state index contributed by atoms with van der Waals surface area (Å²) in [6, 6.07) is 10.0. The van der Waals surface area contributed by atoms with Crippen molar-refractivity contribution in [2.75, 3.05) is 6.61 Å². The lowest BCUT2D eigenvalue weighted by Gasteiger charge is -2.07. The molecule has 0 radical (unpaired) electrons. The third-order valence-electron chi connectivity index (χ3n) is 3.49. The van der Waals surface area contributed by atoms with Crippen LogP contribution in [0.1, 0.15) is 48.0 Å². The maximum atomic E-state index is 12.6. The number of nitrogens with zero attached hydrogens (tertiary/aromatic N) is 1. The molecule has 1 aromatic carbocycles. The predicted octanol–water partition coefficient (Wildman–Crippen LogP) is 3.97. The fourth-order valence-electron chi connectivity index (χ4n) is 2.28. The summed E-state index contributed by atoms with van der Waals surface area (Å²) in [7, 11) is 0. The number of rotatable bonds is 7. The van der Waals surface area contributed by atoms with Crippen LogP contribution in [0.15, 0.2) is 47.2 Å². The Hall–Kier alpha value is -2.84. The van der Waals surface area contributed by atoms with Crippen LogP contribution in [-0.4, -0.2) is 29.3 Å². The van der Waals surface area contributed by atoms with Gasteiger partial charge in [0.1, 0.15) is 6.61 Å². The van der Waals surface area contributed by atoms with Crippen molar-refractivity contribution in [3.8, 4) is 0 Å². The lowest BCUT2D eigenvalue weighted by Crippen LogP contribution is -2.12. The van der Waals surface area contributed by atoms with Gasteiger partial charge in [0.25, 0.3) is 0 Å². The molecule has 2 heterocycles. The monoisotopic (exact) mass is 401 g/mol. The van der Waals surface area contributed by atoms with Crippen LogP contribution in [0.3, 0.4) is 0 Å². The second kappa shape index (κ2) is 8.70. The Morgan fingerprint density at radius 2 is 1.74 bits per heavy atom. The van der Waals surface area contributed by atoms with Crippen LogP contribution >= 0.6 is 22.7 Å². The number of thiazole rings is 1. The highest BCUT2D eigenvalue weighted by Gasteiger charge is 2.20. The molecular formula is C19H15NO5S2. The van der Waals surface area contributed by atoms with Crippen molar-refractivity contribution in [3.05, 3.63) is 73.9 Å². The molecule has 27 heavy (non-hydrogen) atoms. The number of ether oxygens (including phenoxy) is 2. The largest absolute Gasteiger partial charge is 0.461 e. The number of aromatic nitrogens is 1. The number of ketones is 1. The van der Waals surface area contributed by atoms with E-state index in [4.69, 9.17) is 9.47 Å². The first-order valence-electron chi connectivity index (χ1n) is 8.06. The fraction of sp³-hybridized carbons (Fsp3) is 0.158. The molecule has 0 atom stereocenters. The summed E-state index contributed by atoms with van der Waals surface area (Å²) in [5.41, 5.74) is 0.922. The Kier molecular flexibility index (Phi) is 6.10. The lowest BCUT2D eigenvalue weighted by atomic mass is 10.0. The van der Waals surface area contributed by atoms with Crippen LogP contribution < -0.4 is 0 Å². The second-order valence-corrected chi connectivity index (χ2v) is 7.10. The minimum Gasteiger partial charge on any atom is -0.461 e. The Balaban J connectivity index is 1.70. The van der Waals surface area contributed by atoms with E-state index in [1.807, 2.05) is 0 Å². The van der Waals surface area contributed by atoms with Crippen LogP contribution in [0.4, 0.5) is 0 Å². The van der Waals surface area contributed by atoms with Crippen LogP contribution in [0.2, 0.25) is 0 Å². The van der Waals surface area contributed by atoms with Crippen molar-refractivity contribution in [2.45, 2.75) is 13.5 Å². The molecule has 0 aliphatic carbocycles. The highest BCUT2D eigenvalue weighted by Crippen LogP contribution is 2.20. The molecular weight excluding hydrogens is 386 g/mol. The van der Waals surface area contributed by atoms with Crippen molar-refractivity contribution in [3.63, 3.8) is 0 Å². The van der Waals surface area contributed by atoms with Gasteiger partial charge in [0.05, 0.1) is 22.7 Å². The van der Waals surface area contributed by atoms with Gasteiger partial charge in [0.2, 0.25) is 10.8 Å². The van der Waals surface area contributed by atoms with E-state index in [0.717, 1.165) is 11.3 Å². The van der Waals surface area contributed by atoms with E-state index in [0.29, 0.717) is 10.6 Å². The third kappa shape index (κ3) is 4.47. The van der Waals surface area contributed by atoms with Crippen molar-refractivity contribution in [1.29, 1.82) is 0 Å². The molecule has 138 valence electrons. The minimum atomic E-state index is -0.624. The number of esters is 2. The van der Waals surface area contributed by atoms with E-state index in [2.05, 4.69) is 4.98 Å². The van der Waals surface area contributed by atoms with Crippen molar-refractivity contribution in [1.82, 2.24) is 4.98 Å². The average Bonchev–Trinajstić information content (AvgIpc) is 3.38. The van der Waals surface area contributed by atoms with Gasteiger partial charge in [-0.05, 0) is 24.4 Å². The quantitative estimate of drug-likeness (QED) is 0.440. The first-order valence-corrected chi connectivity index (χ1v) is 9.82. The van der Waals surface area contributed by atoms with Gasteiger partial charge >= 0.3 is 11.9 Å². The average molecular weight is 401 g/mol. The summed E-state index contributed by atoms with van der Waals surface area (Å²) in [6.45, 7) is 1.87. The molecule has 0 N–H and O–H groups in total. The van der Waals surface area contributed by atoms with Crippen LogP contribution in [0.5, 0.6) is 0 Å². The molecule has 0 spiro atoms. The molecule has 0 saturated heterocycles. The van der Waals surface area contributed by atoms with Gasteiger partial charge in [-0.25, -0.2) is 14.6 Å². The van der Waals surface area contributed by atoms with Crippen molar-refractivity contribution >= 4 is 40.4 Å². The summed E-state index contributed by atoms with van der Waals surface area (Å²) >= 11 is 2.43. The number of hydrogen-bond acceptors (Lipinski definition) is 8. The zero-order valence-corrected chi connectivity index (χ0v) is 16.0. The Morgan fingerprint density at radius 3 is 2.44 bits per heavy atom. The zero-order chi connectivity index (χ0) is 19.2. The number of hydrogen-bond donors (Lipinski definition) is 0. The van der Waals surface area contributed by atoms with Crippen LogP contribution in [0.25, 0.3) is 0 Å². The molecule has 3 rings (SSSR count). The number of carbonyl (C=O) groups is 3. The molecule has 0 saturated carbocycles. The summed E-state index contributed by atoms with van der Waals surface area (Å²) < 4.78 is 10.2. The van der Waals surface area contributed by atoms with E-state index >= 15 is 0 Å². The molecule has 2 aromatic heterocycles. The van der Waals surface area contributed by atoms with E-state index < -0.39 is 11.9 Å². The molecule has 0 aliphatic heterocycles. The van der Waals surface area contributed by atoms with Gasteiger partial charge in [-0.2, -0.15) is 0 Å². The Labute approximate surface area is 163 Å². The number of benzene rings is 1. The van der Waals surface area contributed by atoms with Gasteiger partial charge in [-0.3, -0.25) is 4.79 Å². The standard InChI is InChI=1S/C19H15NO5S2/c1-2-24-19(23)17-20-12(11-27-17)10-25-18(22)14-7-4-3-6-13(14)16(21)15-8-5-9-26-15/h3-9,11H,2,10H2,1H3. The van der Waals surface area contributed by atoms with Gasteiger partial charge in [-0.1, -0.05) is 24.3 Å². The van der Waals surface area contributed by atoms with Gasteiger partial charge in [0, 0.05) is 10.9 Å². The summed E-state index contributed by atoms with van der Waals surface area (Å²) in [6.07, 6.45) is 0. The summed E-state index contributed by atoms with van der Waals surface area (Å²) in [5.74, 6) is -1.36. The van der Waals surface area contributed by atoms with E-state index in [9.17, 15) is 14.4 Å². The zero-order valence-electron chi connectivity index (χ0n) is 14.3. The van der Waals surface area contributed by atoms with E-state index in [1.54, 1.807) is 54.1 Å². The Morgan fingerprint density at radius 1 is 0.963 bits per heavy atom. The highest BCUT2D eigenvalue weighted by molar-refractivity contribution is 7.12. The summed E-state index contributed by atoms with van der Waals surface area (Å²) in [4.78, 5) is 41.3. The number of carbonyl (C=O) groups excluding carboxylic acids is 3. The van der Waals surface area contributed by atoms with Gasteiger partial charge < -0.3 is 9.47 Å². The van der Waals surface area contributed by atoms with E-state index in [-0.39, 0.29) is 35.1 Å². The van der Waals surface area contributed by atoms with Crippen molar-refractivity contribution in [2.24, 2.45) is 0 Å². The topological polar surface area (TPSA) is 82.6 Å². The molecule has 8 heteroatoms. The molecule has 0 unspecified atom stereocenters. The summed E-state index contributed by atoms with van der Waals surface area (Å²) in [5, 5.41) is 3.64. The van der Waals surface area contributed by atoms with Gasteiger partial charge in [0.15, 0.2) is 0 Å². The predicted molar refractivity (Wildman–Crippen MR) is 101 cm³/mol. The highest BCUT2D eigenvalue weighted by atomic mass is 32.1.